The molecular weight excluding hydrogens is 455 g/mol. The van der Waals surface area contributed by atoms with Crippen LogP contribution in [0.5, 0.6) is 0 Å². The summed E-state index contributed by atoms with van der Waals surface area (Å²) in [6, 6.07) is 17.2. The third-order valence-electron chi connectivity index (χ3n) is 4.28. The molecule has 0 unspecified atom stereocenters. The molecular formula is C20H14Cl2O5S2. The van der Waals surface area contributed by atoms with Gasteiger partial charge in [-0.05, 0) is 71.6 Å². The van der Waals surface area contributed by atoms with E-state index < -0.39 is 18.1 Å². The van der Waals surface area contributed by atoms with Gasteiger partial charge in [0, 0.05) is 26.9 Å². The van der Waals surface area contributed by atoms with Gasteiger partial charge in [-0.25, -0.2) is 16.8 Å². The average molecular weight is 469 g/mol. The van der Waals surface area contributed by atoms with Gasteiger partial charge in [0.05, 0.1) is 9.79 Å². The van der Waals surface area contributed by atoms with E-state index in [1.54, 1.807) is 36.4 Å². The highest BCUT2D eigenvalue weighted by molar-refractivity contribution is 8.14. The lowest BCUT2D eigenvalue weighted by Gasteiger charge is -2.10. The minimum Gasteiger partial charge on any atom is -0.295 e. The molecule has 0 N–H and O–H groups in total. The van der Waals surface area contributed by atoms with E-state index in [-0.39, 0.29) is 15.6 Å². The van der Waals surface area contributed by atoms with E-state index in [1.165, 1.54) is 31.2 Å². The van der Waals surface area contributed by atoms with Crippen LogP contribution in [0.4, 0.5) is 0 Å². The van der Waals surface area contributed by atoms with E-state index >= 15 is 0 Å². The van der Waals surface area contributed by atoms with Gasteiger partial charge in [0.15, 0.2) is 5.78 Å². The lowest BCUT2D eigenvalue weighted by atomic mass is 9.95. The molecule has 0 atom stereocenters. The van der Waals surface area contributed by atoms with Crippen molar-refractivity contribution < 1.29 is 21.6 Å². The number of benzene rings is 3. The molecule has 0 bridgehead atoms. The van der Waals surface area contributed by atoms with Crippen LogP contribution in [0.1, 0.15) is 17.3 Å². The third-order valence-corrected chi connectivity index (χ3v) is 7.02. The Morgan fingerprint density at radius 2 is 0.966 bits per heavy atom. The Balaban J connectivity index is 2.10. The summed E-state index contributed by atoms with van der Waals surface area (Å²) in [5, 5.41) is 0. The van der Waals surface area contributed by atoms with E-state index in [1.807, 2.05) is 6.07 Å². The lowest BCUT2D eigenvalue weighted by molar-refractivity contribution is 0.101. The van der Waals surface area contributed by atoms with Crippen molar-refractivity contribution in [3.05, 3.63) is 72.3 Å². The first kappa shape index (κ1) is 21.5. The number of carbonyl (C=O) groups is 1. The molecule has 0 fully saturated rings. The van der Waals surface area contributed by atoms with Gasteiger partial charge in [0.2, 0.25) is 0 Å². The number of carbonyl (C=O) groups excluding carboxylic acids is 1. The van der Waals surface area contributed by atoms with Crippen molar-refractivity contribution in [3.8, 4) is 22.3 Å². The number of halogens is 2. The molecule has 0 amide bonds. The number of rotatable bonds is 5. The second kappa shape index (κ2) is 7.91. The van der Waals surface area contributed by atoms with Crippen molar-refractivity contribution in [2.24, 2.45) is 0 Å². The van der Waals surface area contributed by atoms with Crippen LogP contribution in [0.15, 0.2) is 76.5 Å². The van der Waals surface area contributed by atoms with Crippen molar-refractivity contribution in [1.29, 1.82) is 0 Å². The Bertz CT molecular complexity index is 1200. The molecule has 5 nitrogen and oxygen atoms in total. The summed E-state index contributed by atoms with van der Waals surface area (Å²) in [5.41, 5.74) is 3.23. The van der Waals surface area contributed by atoms with Crippen LogP contribution >= 0.6 is 21.4 Å². The second-order valence-corrected chi connectivity index (χ2v) is 11.4. The monoisotopic (exact) mass is 468 g/mol. The summed E-state index contributed by atoms with van der Waals surface area (Å²) in [6.07, 6.45) is 0. The van der Waals surface area contributed by atoms with Crippen molar-refractivity contribution >= 4 is 45.2 Å². The quantitative estimate of drug-likeness (QED) is 0.384. The van der Waals surface area contributed by atoms with Gasteiger partial charge in [0.1, 0.15) is 0 Å². The summed E-state index contributed by atoms with van der Waals surface area (Å²) in [4.78, 5) is 11.9. The maximum Gasteiger partial charge on any atom is 0.261 e. The predicted octanol–water partition coefficient (Wildman–Crippen LogP) is 5.08. The van der Waals surface area contributed by atoms with E-state index in [2.05, 4.69) is 0 Å². The summed E-state index contributed by atoms with van der Waals surface area (Å²) >= 11 is 0. The first-order valence-electron chi connectivity index (χ1n) is 8.21. The second-order valence-electron chi connectivity index (χ2n) is 6.28. The molecule has 3 aromatic carbocycles. The Hall–Kier alpha value is -2.19. The highest BCUT2D eigenvalue weighted by atomic mass is 35.7. The van der Waals surface area contributed by atoms with Crippen LogP contribution in [0.25, 0.3) is 22.3 Å². The van der Waals surface area contributed by atoms with Crippen LogP contribution in [0.2, 0.25) is 0 Å². The molecule has 0 saturated carbocycles. The Morgan fingerprint density at radius 1 is 0.621 bits per heavy atom. The molecule has 0 heterocycles. The largest absolute Gasteiger partial charge is 0.295 e. The summed E-state index contributed by atoms with van der Waals surface area (Å²) in [6.45, 7) is 1.44. The fourth-order valence-electron chi connectivity index (χ4n) is 2.78. The van der Waals surface area contributed by atoms with Crippen LogP contribution < -0.4 is 0 Å². The molecule has 29 heavy (non-hydrogen) atoms. The number of hydrogen-bond donors (Lipinski definition) is 0. The fourth-order valence-corrected chi connectivity index (χ4v) is 4.32. The maximum absolute atomic E-state index is 12.0. The smallest absolute Gasteiger partial charge is 0.261 e. The molecule has 0 aliphatic carbocycles. The Morgan fingerprint density at radius 3 is 1.24 bits per heavy atom. The number of hydrogen-bond acceptors (Lipinski definition) is 5. The molecule has 3 rings (SSSR count). The van der Waals surface area contributed by atoms with E-state index in [9.17, 15) is 21.6 Å². The zero-order valence-electron chi connectivity index (χ0n) is 15.0. The van der Waals surface area contributed by atoms with Gasteiger partial charge >= 0.3 is 0 Å². The molecule has 9 heteroatoms. The number of Topliss-reactive ketones (excluding diaryl/α,β-unsaturated/α-hetero) is 1. The number of ketones is 1. The summed E-state index contributed by atoms with van der Waals surface area (Å²) < 4.78 is 45.7. The summed E-state index contributed by atoms with van der Waals surface area (Å²) in [5.74, 6) is -0.145. The van der Waals surface area contributed by atoms with E-state index in [0.29, 0.717) is 27.8 Å². The molecule has 0 aromatic heterocycles. The molecule has 0 radical (unpaired) electrons. The first-order chi connectivity index (χ1) is 13.4. The highest BCUT2D eigenvalue weighted by Gasteiger charge is 2.13. The molecule has 0 spiro atoms. The zero-order chi connectivity index (χ0) is 21.4. The fraction of sp³-hybridized carbons (Fsp3) is 0.0500. The normalized spacial score (nSPS) is 12.0. The van der Waals surface area contributed by atoms with Crippen LogP contribution in [0.3, 0.4) is 0 Å². The van der Waals surface area contributed by atoms with Crippen LogP contribution in [-0.2, 0) is 18.1 Å². The lowest BCUT2D eigenvalue weighted by Crippen LogP contribution is -1.95. The SMILES string of the molecule is CC(=O)c1cc(-c2ccc(S(=O)(=O)Cl)cc2)cc(-c2ccc(S(=O)(=O)Cl)cc2)c1. The minimum atomic E-state index is -3.83. The minimum absolute atomic E-state index is 0.0243. The van der Waals surface area contributed by atoms with Gasteiger partial charge in [0.25, 0.3) is 18.1 Å². The molecule has 3 aromatic rings. The Labute approximate surface area is 177 Å². The van der Waals surface area contributed by atoms with Crippen LogP contribution in [0, 0.1) is 0 Å². The zero-order valence-corrected chi connectivity index (χ0v) is 18.1. The predicted molar refractivity (Wildman–Crippen MR) is 113 cm³/mol. The van der Waals surface area contributed by atoms with E-state index in [4.69, 9.17) is 21.4 Å². The van der Waals surface area contributed by atoms with E-state index in [0.717, 1.165) is 0 Å². The Kier molecular flexibility index (Phi) is 5.87. The molecule has 150 valence electrons. The standard InChI is InChI=1S/C20H14Cl2O5S2/c1-13(23)16-10-17(14-2-6-19(7-3-14)28(21,24)25)12-18(11-16)15-4-8-20(9-5-15)29(22,26)27/h2-12H,1H3. The highest BCUT2D eigenvalue weighted by Crippen LogP contribution is 2.30. The van der Waals surface area contributed by atoms with Gasteiger partial charge in [-0.15, -0.1) is 0 Å². The molecule has 0 aliphatic heterocycles. The summed E-state index contributed by atoms with van der Waals surface area (Å²) in [7, 11) is 3.03. The van der Waals surface area contributed by atoms with Gasteiger partial charge < -0.3 is 0 Å². The average Bonchev–Trinajstić information content (AvgIpc) is 2.66. The first-order valence-corrected chi connectivity index (χ1v) is 12.8. The molecule has 0 aliphatic rings. The topological polar surface area (TPSA) is 85.3 Å². The van der Waals surface area contributed by atoms with Gasteiger partial charge in [-0.3, -0.25) is 4.79 Å². The van der Waals surface area contributed by atoms with Gasteiger partial charge in [-0.1, -0.05) is 24.3 Å². The van der Waals surface area contributed by atoms with Crippen molar-refractivity contribution in [3.63, 3.8) is 0 Å². The van der Waals surface area contributed by atoms with Crippen molar-refractivity contribution in [2.45, 2.75) is 16.7 Å². The van der Waals surface area contributed by atoms with Crippen molar-refractivity contribution in [1.82, 2.24) is 0 Å². The van der Waals surface area contributed by atoms with Crippen LogP contribution in [-0.4, -0.2) is 22.6 Å². The molecule has 0 saturated heterocycles. The van der Waals surface area contributed by atoms with Gasteiger partial charge in [-0.2, -0.15) is 0 Å². The van der Waals surface area contributed by atoms with Crippen molar-refractivity contribution in [2.75, 3.05) is 0 Å². The third kappa shape index (κ3) is 5.05. The maximum atomic E-state index is 12.0.